The van der Waals surface area contributed by atoms with Crippen LogP contribution < -0.4 is 0 Å². The van der Waals surface area contributed by atoms with Crippen LogP contribution in [-0.2, 0) is 6.42 Å². The molecule has 27 heavy (non-hydrogen) atoms. The number of thiophene rings is 1. The first-order valence-electron chi connectivity index (χ1n) is 8.23. The largest absolute Gasteiger partial charge is 0.332 e. The number of nitrogens with one attached hydrogen (secondary N) is 1. The molecule has 0 fully saturated rings. The zero-order valence-electron chi connectivity index (χ0n) is 14.0. The Morgan fingerprint density at radius 1 is 1.11 bits per heavy atom. The molecule has 0 aliphatic heterocycles. The van der Waals surface area contributed by atoms with E-state index in [-0.39, 0.29) is 0 Å². The van der Waals surface area contributed by atoms with E-state index in [1.54, 1.807) is 17.7 Å². The maximum absolute atomic E-state index is 5.38. The van der Waals surface area contributed by atoms with Crippen LogP contribution in [0.15, 0.2) is 64.8 Å². The molecule has 0 amide bonds. The lowest BCUT2D eigenvalue weighted by molar-refractivity contribution is 0.422. The highest BCUT2D eigenvalue weighted by Crippen LogP contribution is 2.26. The minimum Gasteiger partial charge on any atom is -0.332 e. The van der Waals surface area contributed by atoms with Crippen molar-refractivity contribution in [2.75, 3.05) is 0 Å². The van der Waals surface area contributed by atoms with Crippen LogP contribution in [0.25, 0.3) is 27.8 Å². The molecule has 0 saturated carbocycles. The first-order valence-corrected chi connectivity index (χ1v) is 9.11. The summed E-state index contributed by atoms with van der Waals surface area (Å²) >= 11 is 1.64. The summed E-state index contributed by atoms with van der Waals surface area (Å²) in [5, 5.41) is 21.5. The molecule has 0 spiro atoms. The second-order valence-electron chi connectivity index (χ2n) is 5.79. The number of H-pyrrole nitrogens is 1. The molecule has 0 aliphatic rings. The van der Waals surface area contributed by atoms with Gasteiger partial charge in [-0.15, -0.1) is 21.5 Å². The molecule has 0 bridgehead atoms. The normalized spacial score (nSPS) is 11.1. The highest BCUT2D eigenvalue weighted by molar-refractivity contribution is 7.13. The van der Waals surface area contributed by atoms with E-state index in [0.29, 0.717) is 23.8 Å². The van der Waals surface area contributed by atoms with Crippen LogP contribution in [0.5, 0.6) is 0 Å². The van der Waals surface area contributed by atoms with E-state index in [1.807, 2.05) is 58.5 Å². The maximum Gasteiger partial charge on any atom is 0.278 e. The van der Waals surface area contributed by atoms with E-state index < -0.39 is 0 Å². The molecule has 4 heterocycles. The molecule has 8 nitrogen and oxygen atoms in total. The zero-order valence-corrected chi connectivity index (χ0v) is 14.8. The van der Waals surface area contributed by atoms with Crippen molar-refractivity contribution in [2.24, 2.45) is 0 Å². The Morgan fingerprint density at radius 2 is 2.04 bits per heavy atom. The molecular weight excluding hydrogens is 362 g/mol. The molecule has 1 N–H and O–H groups in total. The molecule has 0 unspecified atom stereocenters. The second kappa shape index (κ2) is 6.61. The van der Waals surface area contributed by atoms with Gasteiger partial charge in [-0.25, -0.2) is 0 Å². The third-order valence-electron chi connectivity index (χ3n) is 4.02. The molecule has 9 heteroatoms. The quantitative estimate of drug-likeness (QED) is 0.506. The minimum absolute atomic E-state index is 0.370. The van der Waals surface area contributed by atoms with Gasteiger partial charge in [-0.2, -0.15) is 10.1 Å². The Bertz CT molecular complexity index is 1160. The average Bonchev–Trinajstić information content (AvgIpc) is 3.48. The van der Waals surface area contributed by atoms with E-state index >= 15 is 0 Å². The number of aromatic amines is 1. The fourth-order valence-corrected chi connectivity index (χ4v) is 3.44. The molecule has 0 saturated heterocycles. The van der Waals surface area contributed by atoms with E-state index in [9.17, 15) is 0 Å². The highest BCUT2D eigenvalue weighted by Gasteiger charge is 2.16. The standard InChI is InChI=1S/C18H13N7OS/c1-2-5-12(6-3-1)25-11-19-23-17(25)10-16-20-18(26-24-16)14-9-13(21-22-14)15-7-4-8-27-15/h1-9,11H,10H2,(H,21,22). The molecular formula is C18H13N7OS. The number of para-hydroxylation sites is 1. The first-order chi connectivity index (χ1) is 13.4. The van der Waals surface area contributed by atoms with Gasteiger partial charge >= 0.3 is 0 Å². The Hall–Kier alpha value is -3.59. The third-order valence-corrected chi connectivity index (χ3v) is 4.92. The molecule has 0 atom stereocenters. The molecule has 0 radical (unpaired) electrons. The van der Waals surface area contributed by atoms with Crippen molar-refractivity contribution in [3.05, 3.63) is 71.9 Å². The van der Waals surface area contributed by atoms with E-state index in [4.69, 9.17) is 4.52 Å². The van der Waals surface area contributed by atoms with Gasteiger partial charge in [-0.3, -0.25) is 9.67 Å². The Balaban J connectivity index is 1.39. The summed E-state index contributed by atoms with van der Waals surface area (Å²) in [4.78, 5) is 5.55. The monoisotopic (exact) mass is 375 g/mol. The number of benzene rings is 1. The van der Waals surface area contributed by atoms with Gasteiger partial charge in [-0.1, -0.05) is 29.4 Å². The first kappa shape index (κ1) is 15.6. The minimum atomic E-state index is 0.370. The van der Waals surface area contributed by atoms with Crippen molar-refractivity contribution in [1.29, 1.82) is 0 Å². The number of hydrogen-bond donors (Lipinski definition) is 1. The van der Waals surface area contributed by atoms with Crippen LogP contribution >= 0.6 is 11.3 Å². The van der Waals surface area contributed by atoms with Gasteiger partial charge in [0.2, 0.25) is 0 Å². The molecule has 1 aromatic carbocycles. The summed E-state index contributed by atoms with van der Waals surface area (Å²) in [7, 11) is 0. The van der Waals surface area contributed by atoms with Gasteiger partial charge in [0.15, 0.2) is 11.5 Å². The molecule has 132 valence electrons. The van der Waals surface area contributed by atoms with Gasteiger partial charge in [0.25, 0.3) is 5.89 Å². The molecule has 4 aromatic heterocycles. The van der Waals surface area contributed by atoms with Crippen LogP contribution in [0.1, 0.15) is 11.6 Å². The summed E-state index contributed by atoms with van der Waals surface area (Å²) < 4.78 is 7.28. The lowest BCUT2D eigenvalue weighted by atomic mass is 10.3. The van der Waals surface area contributed by atoms with E-state index in [0.717, 1.165) is 22.1 Å². The fraction of sp³-hybridized carbons (Fsp3) is 0.0556. The lowest BCUT2D eigenvalue weighted by Gasteiger charge is -2.04. The number of nitrogens with zero attached hydrogens (tertiary/aromatic N) is 6. The predicted octanol–water partition coefficient (Wildman–Crippen LogP) is 3.36. The summed E-state index contributed by atoms with van der Waals surface area (Å²) in [6.07, 6.45) is 2.08. The van der Waals surface area contributed by atoms with Crippen LogP contribution in [0.4, 0.5) is 0 Å². The van der Waals surface area contributed by atoms with Gasteiger partial charge in [0.1, 0.15) is 12.2 Å². The van der Waals surface area contributed by atoms with Crippen molar-refractivity contribution in [1.82, 2.24) is 35.1 Å². The van der Waals surface area contributed by atoms with Crippen molar-refractivity contribution < 1.29 is 4.52 Å². The highest BCUT2D eigenvalue weighted by atomic mass is 32.1. The summed E-state index contributed by atoms with van der Waals surface area (Å²) in [6.45, 7) is 0. The number of aromatic nitrogens is 7. The van der Waals surface area contributed by atoms with Crippen LogP contribution in [-0.4, -0.2) is 35.1 Å². The van der Waals surface area contributed by atoms with Crippen LogP contribution in [0.3, 0.4) is 0 Å². The van der Waals surface area contributed by atoms with Crippen molar-refractivity contribution in [2.45, 2.75) is 6.42 Å². The average molecular weight is 375 g/mol. The number of hydrogen-bond acceptors (Lipinski definition) is 7. The maximum atomic E-state index is 5.38. The van der Waals surface area contributed by atoms with Crippen molar-refractivity contribution in [3.8, 4) is 27.8 Å². The van der Waals surface area contributed by atoms with Gasteiger partial charge < -0.3 is 4.52 Å². The van der Waals surface area contributed by atoms with Crippen LogP contribution in [0.2, 0.25) is 0 Å². The lowest BCUT2D eigenvalue weighted by Crippen LogP contribution is -2.02. The van der Waals surface area contributed by atoms with Crippen LogP contribution in [0, 0.1) is 0 Å². The Morgan fingerprint density at radius 3 is 2.89 bits per heavy atom. The van der Waals surface area contributed by atoms with Gasteiger partial charge in [0.05, 0.1) is 17.0 Å². The predicted molar refractivity (Wildman–Crippen MR) is 99.4 cm³/mol. The van der Waals surface area contributed by atoms with Gasteiger partial charge in [0, 0.05) is 5.69 Å². The second-order valence-corrected chi connectivity index (χ2v) is 6.74. The molecule has 5 rings (SSSR count). The third kappa shape index (κ3) is 3.04. The molecule has 0 aliphatic carbocycles. The zero-order chi connectivity index (χ0) is 18.1. The summed E-state index contributed by atoms with van der Waals surface area (Å²) in [5.74, 6) is 1.63. The van der Waals surface area contributed by atoms with Crippen molar-refractivity contribution >= 4 is 11.3 Å². The fourth-order valence-electron chi connectivity index (χ4n) is 2.74. The smallest absolute Gasteiger partial charge is 0.278 e. The molecule has 5 aromatic rings. The number of rotatable bonds is 5. The van der Waals surface area contributed by atoms with E-state index in [2.05, 4.69) is 30.5 Å². The van der Waals surface area contributed by atoms with Gasteiger partial charge in [-0.05, 0) is 29.6 Å². The van der Waals surface area contributed by atoms with E-state index in [1.165, 1.54) is 0 Å². The Labute approximate surface area is 157 Å². The summed E-state index contributed by atoms with van der Waals surface area (Å²) in [5.41, 5.74) is 2.51. The SMILES string of the molecule is c1ccc(-n2cnnc2Cc2noc(-c3cc(-c4cccs4)[nH]n3)n2)cc1. The Kier molecular flexibility index (Phi) is 3.83. The topological polar surface area (TPSA) is 98.3 Å². The summed E-state index contributed by atoms with van der Waals surface area (Å²) in [6, 6.07) is 15.8. The van der Waals surface area contributed by atoms with Crippen molar-refractivity contribution in [3.63, 3.8) is 0 Å².